The smallest absolute Gasteiger partial charge is 0.310 e. The molecule has 10 rings (SSSR count). The minimum absolute atomic E-state index is 0.00585. The average Bonchev–Trinajstić information content (AvgIpc) is 4.23. The number of carboxylic acid groups (broad SMARTS) is 1. The van der Waals surface area contributed by atoms with E-state index in [2.05, 4.69) is 54.4 Å². The van der Waals surface area contributed by atoms with Gasteiger partial charge >= 0.3 is 5.97 Å². The molecule has 422 valence electrons. The fourth-order valence-electron chi connectivity index (χ4n) is 19.3. The highest BCUT2D eigenvalue weighted by molar-refractivity contribution is 5.86. The van der Waals surface area contributed by atoms with Crippen molar-refractivity contribution in [3.8, 4) is 0 Å². The van der Waals surface area contributed by atoms with Gasteiger partial charge in [-0.3, -0.25) is 9.59 Å². The molecule has 0 unspecified atom stereocenters. The van der Waals surface area contributed by atoms with Gasteiger partial charge in [0.1, 0.15) is 24.5 Å². The van der Waals surface area contributed by atoms with Gasteiger partial charge in [0, 0.05) is 54.4 Å². The van der Waals surface area contributed by atoms with Crippen LogP contribution in [0.1, 0.15) is 168 Å². The van der Waals surface area contributed by atoms with E-state index in [1.54, 1.807) is 6.33 Å². The number of nitrogens with two attached hydrogens (primary N) is 1. The number of amides is 1. The molecular formula is C58H93N5O12. The lowest BCUT2D eigenvalue weighted by Crippen LogP contribution is -2.72. The van der Waals surface area contributed by atoms with Crippen LogP contribution in [0.15, 0.2) is 24.2 Å². The van der Waals surface area contributed by atoms with Crippen molar-refractivity contribution in [1.29, 1.82) is 0 Å². The number of carbonyl (C=O) groups is 2. The van der Waals surface area contributed by atoms with Crippen LogP contribution < -0.4 is 16.4 Å². The van der Waals surface area contributed by atoms with Crippen LogP contribution in [0.3, 0.4) is 0 Å². The summed E-state index contributed by atoms with van der Waals surface area (Å²) in [4.78, 5) is 36.6. The van der Waals surface area contributed by atoms with Crippen LogP contribution in [0.4, 0.5) is 0 Å². The van der Waals surface area contributed by atoms with Crippen LogP contribution in [0, 0.1) is 73.4 Å². The molecule has 9 aliphatic rings. The van der Waals surface area contributed by atoms with Gasteiger partial charge in [-0.15, -0.1) is 0 Å². The van der Waals surface area contributed by atoms with Crippen molar-refractivity contribution < 1.29 is 59.9 Å². The first kappa shape index (κ1) is 55.8. The summed E-state index contributed by atoms with van der Waals surface area (Å²) in [5.41, 5.74) is 3.71. The first-order chi connectivity index (χ1) is 35.6. The number of carbonyl (C=O) groups excluding carboxylic acids is 1. The number of hydrogen-bond donors (Lipinski definition) is 12. The Morgan fingerprint density at radius 3 is 2.27 bits per heavy atom. The van der Waals surface area contributed by atoms with E-state index in [0.717, 1.165) is 50.6 Å². The number of allylic oxidation sites excluding steroid dienone is 2. The second kappa shape index (κ2) is 20.5. The number of nitrogens with one attached hydrogen (secondary N) is 3. The summed E-state index contributed by atoms with van der Waals surface area (Å²) in [6.45, 7) is 10.9. The summed E-state index contributed by atoms with van der Waals surface area (Å²) in [7, 11) is 0. The lowest BCUT2D eigenvalue weighted by molar-refractivity contribution is -0.340. The highest BCUT2D eigenvalue weighted by Crippen LogP contribution is 2.77. The number of nitrogens with zero attached hydrogens (tertiary/aromatic N) is 1. The van der Waals surface area contributed by atoms with Gasteiger partial charge in [-0.05, 0) is 141 Å². The molecule has 0 bridgehead atoms. The van der Waals surface area contributed by atoms with E-state index in [-0.39, 0.29) is 61.2 Å². The van der Waals surface area contributed by atoms with Gasteiger partial charge in [0.05, 0.1) is 42.6 Å². The normalized spacial score (nSPS) is 46.9. The van der Waals surface area contributed by atoms with E-state index in [1.807, 2.05) is 13.1 Å². The summed E-state index contributed by atoms with van der Waals surface area (Å²) in [5.74, 6) is -2.98. The van der Waals surface area contributed by atoms with Gasteiger partial charge in [0.25, 0.3) is 0 Å². The van der Waals surface area contributed by atoms with Crippen LogP contribution in [0.5, 0.6) is 0 Å². The van der Waals surface area contributed by atoms with E-state index in [1.165, 1.54) is 12.0 Å². The number of aromatic nitrogens is 2. The Balaban J connectivity index is 1.09. The quantitative estimate of drug-likeness (QED) is 0.0649. The molecule has 17 heteroatoms. The molecule has 2 saturated heterocycles. The molecule has 13 N–H and O–H groups in total. The molecule has 17 nitrogen and oxygen atoms in total. The van der Waals surface area contributed by atoms with E-state index >= 15 is 4.79 Å². The first-order valence-electron chi connectivity index (χ1n) is 29.2. The number of ether oxygens (including phenoxy) is 2. The van der Waals surface area contributed by atoms with Gasteiger partial charge in [0.15, 0.2) is 6.29 Å². The molecule has 1 aromatic heterocycles. The van der Waals surface area contributed by atoms with Crippen molar-refractivity contribution in [2.45, 2.75) is 218 Å². The zero-order valence-electron chi connectivity index (χ0n) is 45.5. The van der Waals surface area contributed by atoms with Gasteiger partial charge in [-0.2, -0.15) is 0 Å². The minimum Gasteiger partial charge on any atom is -0.481 e. The molecule has 0 radical (unpaired) electrons. The third-order valence-electron chi connectivity index (χ3n) is 24.1. The van der Waals surface area contributed by atoms with Crippen molar-refractivity contribution >= 4 is 11.9 Å². The van der Waals surface area contributed by atoms with E-state index in [9.17, 15) is 45.6 Å². The molecule has 1 spiro atoms. The standard InChI is InChI=1S/C58H93N5O12/c1-52(29-64)19-21-58(51(72)73)22-20-54(3)35(38(58)25-52)13-14-42-55(54,4)18-15-41-53(2,30-65)47(75-49-46(69)45(68)40(66)28-74-49)44(67)37(56(41,42)5)24-36-43(63-50(71)57(36)16-9-10-17-57)34(39-27-60-31-62-39)23-32(48(59)70)26-61-33-11-7-6-8-12-33/h13,27,31-34,36-38,40-49,61,64-70H,6-12,14-26,28-30,59H2,1-5H3,(H,60,62)(H,63,71)(H,72,73)/t32-,34-,36+,37-,38+,40-,41-,42+,43-,44-,45+,46-,47-,48+,49+,52+,53+,54-,55-,56+,58+/m1/s1. The Labute approximate surface area is 444 Å². The Kier molecular flexibility index (Phi) is 15.3. The van der Waals surface area contributed by atoms with Crippen LogP contribution in [-0.4, -0.2) is 144 Å². The minimum atomic E-state index is -1.64. The summed E-state index contributed by atoms with van der Waals surface area (Å²) in [6, 6.07) is -0.112. The van der Waals surface area contributed by atoms with Crippen molar-refractivity contribution in [2.75, 3.05) is 26.4 Å². The monoisotopic (exact) mass is 1050 g/mol. The number of aliphatic hydroxyl groups is 7. The van der Waals surface area contributed by atoms with Gasteiger partial charge in [-0.1, -0.05) is 78.4 Å². The van der Waals surface area contributed by atoms with E-state index in [0.29, 0.717) is 83.2 Å². The van der Waals surface area contributed by atoms with E-state index in [4.69, 9.17) is 15.2 Å². The number of rotatable bonds is 15. The van der Waals surface area contributed by atoms with Crippen LogP contribution in [0.25, 0.3) is 0 Å². The second-order valence-electron chi connectivity index (χ2n) is 27.5. The first-order valence-corrected chi connectivity index (χ1v) is 29.2. The number of aliphatic carboxylic acids is 1. The van der Waals surface area contributed by atoms with E-state index < -0.39 is 98.9 Å². The Morgan fingerprint density at radius 1 is 0.893 bits per heavy atom. The van der Waals surface area contributed by atoms with Crippen LogP contribution in [-0.2, 0) is 19.1 Å². The molecule has 75 heavy (non-hydrogen) atoms. The van der Waals surface area contributed by atoms with Crippen molar-refractivity contribution in [1.82, 2.24) is 20.6 Å². The number of aliphatic hydroxyl groups excluding tert-OH is 7. The predicted octanol–water partition coefficient (Wildman–Crippen LogP) is 4.62. The third kappa shape index (κ3) is 8.75. The zero-order chi connectivity index (χ0) is 53.7. The topological polar surface area (TPSA) is 293 Å². The fraction of sp³-hybridized carbons (Fsp3) is 0.879. The number of H-pyrrole nitrogens is 1. The Morgan fingerprint density at radius 2 is 1.61 bits per heavy atom. The van der Waals surface area contributed by atoms with Crippen molar-refractivity contribution in [2.24, 2.45) is 79.1 Å². The highest BCUT2D eigenvalue weighted by Gasteiger charge is 2.74. The number of fused-ring (bicyclic) bond motifs is 7. The highest BCUT2D eigenvalue weighted by atomic mass is 16.7. The average molecular weight is 1050 g/mol. The number of carboxylic acids is 1. The largest absolute Gasteiger partial charge is 0.481 e. The maximum atomic E-state index is 15.1. The molecule has 1 amide bonds. The number of aromatic amines is 1. The number of imidazole rings is 1. The Hall–Kier alpha value is -2.55. The molecule has 6 saturated carbocycles. The lowest BCUT2D eigenvalue weighted by atomic mass is 9.31. The van der Waals surface area contributed by atoms with Crippen molar-refractivity contribution in [3.05, 3.63) is 29.9 Å². The predicted molar refractivity (Wildman–Crippen MR) is 278 cm³/mol. The zero-order valence-corrected chi connectivity index (χ0v) is 45.5. The maximum absolute atomic E-state index is 15.1. The molecule has 3 heterocycles. The molecule has 7 aliphatic carbocycles. The van der Waals surface area contributed by atoms with Crippen LogP contribution in [0.2, 0.25) is 0 Å². The lowest BCUT2D eigenvalue weighted by Gasteiger charge is -2.73. The van der Waals surface area contributed by atoms with Crippen molar-refractivity contribution in [3.63, 3.8) is 0 Å². The summed E-state index contributed by atoms with van der Waals surface area (Å²) in [6.07, 6.45) is 10.9. The molecular weight excluding hydrogens is 959 g/mol. The molecule has 0 aromatic carbocycles. The number of hydrogen-bond acceptors (Lipinski definition) is 14. The fourth-order valence-corrected chi connectivity index (χ4v) is 19.3. The third-order valence-corrected chi connectivity index (χ3v) is 24.1. The maximum Gasteiger partial charge on any atom is 0.310 e. The summed E-state index contributed by atoms with van der Waals surface area (Å²) in [5, 5.41) is 99.0. The molecule has 21 atom stereocenters. The van der Waals surface area contributed by atoms with Crippen LogP contribution >= 0.6 is 0 Å². The molecule has 8 fully saturated rings. The molecule has 1 aromatic rings. The second-order valence-corrected chi connectivity index (χ2v) is 27.5. The van der Waals surface area contributed by atoms with Gasteiger partial charge < -0.3 is 71.7 Å². The summed E-state index contributed by atoms with van der Waals surface area (Å²) >= 11 is 0. The molecule has 2 aliphatic heterocycles. The summed E-state index contributed by atoms with van der Waals surface area (Å²) < 4.78 is 12.7. The Bertz CT molecular complexity index is 2240. The van der Waals surface area contributed by atoms with Gasteiger partial charge in [-0.25, -0.2) is 4.98 Å². The SMILES string of the molecule is C[C@]1(CO)CC[C@]2(C(=O)O)CC[C@]3(C)C(=CC[C@@H]4[C@@]5(C)[C@H](C[C@H]6[C@@H]([C@H](C[C@H](CNC7CCCCC7)[C@@H](N)O)c7cnc[nH]7)NC(=O)C67CCCC7)[C@@H](O)[C@@H](O[C@@H]6OC[C@@H](O)[C@H](O)[C@H]6O)[C@@](C)(CO)[C@H]5CC[C@]43C)[C@@H]2C1. The van der Waals surface area contributed by atoms with Gasteiger partial charge in [0.2, 0.25) is 5.91 Å².